The maximum absolute atomic E-state index is 12.9. The second kappa shape index (κ2) is 9.87. The van der Waals surface area contributed by atoms with Gasteiger partial charge in [0.05, 0.1) is 11.9 Å². The molecule has 0 bridgehead atoms. The van der Waals surface area contributed by atoms with Crippen molar-refractivity contribution in [3.05, 3.63) is 95.8 Å². The Morgan fingerprint density at radius 3 is 1.93 bits per heavy atom. The van der Waals surface area contributed by atoms with Gasteiger partial charge in [-0.25, -0.2) is 4.98 Å². The summed E-state index contributed by atoms with van der Waals surface area (Å²) in [4.78, 5) is 21.5. The van der Waals surface area contributed by atoms with E-state index in [0.717, 1.165) is 17.8 Å². The summed E-state index contributed by atoms with van der Waals surface area (Å²) in [6.45, 7) is 8.37. The van der Waals surface area contributed by atoms with Gasteiger partial charge in [-0.3, -0.25) is 4.79 Å². The number of anilines is 1. The fraction of sp³-hybridized carbons (Fsp3) is 0.280. The van der Waals surface area contributed by atoms with Crippen LogP contribution in [-0.2, 0) is 13.1 Å². The molecule has 3 aromatic rings. The lowest BCUT2D eigenvalue weighted by molar-refractivity contribution is 0.0746. The molecule has 4 heteroatoms. The van der Waals surface area contributed by atoms with E-state index in [1.165, 1.54) is 5.56 Å². The standard InChI is InChI=1S/C25H29N3O/c1-4-27(18-21-11-7-5-8-12-21)25(29)24-16-15-23(17-26-24)28(20(2)3)19-22-13-9-6-10-14-22/h5-17,20H,4,18-19H2,1-3H3. The van der Waals surface area contributed by atoms with Crippen molar-refractivity contribution in [2.45, 2.75) is 39.9 Å². The molecule has 1 amide bonds. The molecule has 1 aromatic heterocycles. The van der Waals surface area contributed by atoms with Crippen LogP contribution >= 0.6 is 0 Å². The van der Waals surface area contributed by atoms with E-state index in [1.54, 1.807) is 0 Å². The molecule has 0 saturated heterocycles. The van der Waals surface area contributed by atoms with Crippen molar-refractivity contribution in [2.24, 2.45) is 0 Å². The third-order valence-electron chi connectivity index (χ3n) is 5.00. The Kier molecular flexibility index (Phi) is 7.01. The van der Waals surface area contributed by atoms with Crippen LogP contribution in [0.4, 0.5) is 5.69 Å². The van der Waals surface area contributed by atoms with E-state index < -0.39 is 0 Å². The molecule has 150 valence electrons. The minimum absolute atomic E-state index is 0.0398. The summed E-state index contributed by atoms with van der Waals surface area (Å²) >= 11 is 0. The Hall–Kier alpha value is -3.14. The van der Waals surface area contributed by atoms with Crippen molar-refractivity contribution < 1.29 is 4.79 Å². The second-order valence-electron chi connectivity index (χ2n) is 7.41. The van der Waals surface area contributed by atoms with Gasteiger partial charge in [0.1, 0.15) is 5.69 Å². The van der Waals surface area contributed by atoms with Crippen LogP contribution in [-0.4, -0.2) is 28.4 Å². The van der Waals surface area contributed by atoms with Gasteiger partial charge in [0, 0.05) is 25.7 Å². The molecule has 1 heterocycles. The molecule has 0 spiro atoms. The highest BCUT2D eigenvalue weighted by molar-refractivity contribution is 5.92. The highest BCUT2D eigenvalue weighted by atomic mass is 16.2. The predicted octanol–water partition coefficient (Wildman–Crippen LogP) is 5.16. The van der Waals surface area contributed by atoms with E-state index in [2.05, 4.69) is 48.0 Å². The van der Waals surface area contributed by atoms with Crippen molar-refractivity contribution in [1.29, 1.82) is 0 Å². The van der Waals surface area contributed by atoms with E-state index in [-0.39, 0.29) is 5.91 Å². The van der Waals surface area contributed by atoms with Gasteiger partial charge in [0.25, 0.3) is 5.91 Å². The first-order valence-corrected chi connectivity index (χ1v) is 10.2. The molecule has 0 N–H and O–H groups in total. The normalized spacial score (nSPS) is 10.8. The SMILES string of the molecule is CCN(Cc1ccccc1)C(=O)c1ccc(N(Cc2ccccc2)C(C)C)cn1. The van der Waals surface area contributed by atoms with Crippen molar-refractivity contribution in [3.8, 4) is 0 Å². The smallest absolute Gasteiger partial charge is 0.272 e. The highest BCUT2D eigenvalue weighted by Crippen LogP contribution is 2.20. The maximum atomic E-state index is 12.9. The Morgan fingerprint density at radius 2 is 1.45 bits per heavy atom. The van der Waals surface area contributed by atoms with Crippen LogP contribution in [0.3, 0.4) is 0 Å². The number of benzene rings is 2. The Bertz CT molecular complexity index is 892. The van der Waals surface area contributed by atoms with Crippen LogP contribution in [0.1, 0.15) is 42.4 Å². The average molecular weight is 388 g/mol. The fourth-order valence-corrected chi connectivity index (χ4v) is 3.33. The average Bonchev–Trinajstić information content (AvgIpc) is 2.77. The lowest BCUT2D eigenvalue weighted by Crippen LogP contribution is -2.32. The quantitative estimate of drug-likeness (QED) is 0.536. The third-order valence-corrected chi connectivity index (χ3v) is 5.00. The van der Waals surface area contributed by atoms with Crippen molar-refractivity contribution in [2.75, 3.05) is 11.4 Å². The van der Waals surface area contributed by atoms with E-state index in [0.29, 0.717) is 24.8 Å². The zero-order valence-electron chi connectivity index (χ0n) is 17.5. The molecule has 0 aliphatic rings. The third kappa shape index (κ3) is 5.44. The van der Waals surface area contributed by atoms with Crippen LogP contribution < -0.4 is 4.90 Å². The van der Waals surface area contributed by atoms with Gasteiger partial charge in [-0.15, -0.1) is 0 Å². The number of rotatable bonds is 8. The van der Waals surface area contributed by atoms with E-state index in [9.17, 15) is 4.79 Å². The van der Waals surface area contributed by atoms with Gasteiger partial charge in [-0.05, 0) is 44.0 Å². The van der Waals surface area contributed by atoms with E-state index >= 15 is 0 Å². The molecule has 0 fully saturated rings. The molecule has 0 atom stereocenters. The number of carbonyl (C=O) groups excluding carboxylic acids is 1. The first-order valence-electron chi connectivity index (χ1n) is 10.2. The number of hydrogen-bond acceptors (Lipinski definition) is 3. The molecule has 0 radical (unpaired) electrons. The van der Waals surface area contributed by atoms with Gasteiger partial charge in [0.2, 0.25) is 0 Å². The minimum Gasteiger partial charge on any atom is -0.364 e. The molecular weight excluding hydrogens is 358 g/mol. The molecule has 4 nitrogen and oxygen atoms in total. The number of amides is 1. The molecule has 0 aliphatic heterocycles. The summed E-state index contributed by atoms with van der Waals surface area (Å²) in [6.07, 6.45) is 1.81. The molecule has 3 rings (SSSR count). The Labute approximate surface area is 173 Å². The summed E-state index contributed by atoms with van der Waals surface area (Å²) in [5.74, 6) is -0.0398. The van der Waals surface area contributed by atoms with E-state index in [4.69, 9.17) is 0 Å². The zero-order chi connectivity index (χ0) is 20.6. The molecule has 29 heavy (non-hydrogen) atoms. The molecule has 2 aromatic carbocycles. The van der Waals surface area contributed by atoms with Crippen molar-refractivity contribution in [3.63, 3.8) is 0 Å². The number of hydrogen-bond donors (Lipinski definition) is 0. The summed E-state index contributed by atoms with van der Waals surface area (Å²) in [6, 6.07) is 24.6. The largest absolute Gasteiger partial charge is 0.364 e. The van der Waals surface area contributed by atoms with Gasteiger partial charge in [-0.2, -0.15) is 0 Å². The van der Waals surface area contributed by atoms with Gasteiger partial charge in [-0.1, -0.05) is 60.7 Å². The number of aromatic nitrogens is 1. The first-order chi connectivity index (χ1) is 14.1. The van der Waals surface area contributed by atoms with E-state index in [1.807, 2.05) is 66.6 Å². The van der Waals surface area contributed by atoms with Crippen LogP contribution in [0.5, 0.6) is 0 Å². The fourth-order valence-electron chi connectivity index (χ4n) is 3.33. The summed E-state index contributed by atoms with van der Waals surface area (Å²) in [7, 11) is 0. The van der Waals surface area contributed by atoms with Gasteiger partial charge in [0.15, 0.2) is 0 Å². The Morgan fingerprint density at radius 1 is 0.862 bits per heavy atom. The lowest BCUT2D eigenvalue weighted by Gasteiger charge is -2.29. The van der Waals surface area contributed by atoms with Crippen LogP contribution in [0.25, 0.3) is 0 Å². The molecule has 0 aliphatic carbocycles. The molecule has 0 saturated carbocycles. The molecular formula is C25H29N3O. The summed E-state index contributed by atoms with van der Waals surface area (Å²) in [5, 5.41) is 0. The highest BCUT2D eigenvalue weighted by Gasteiger charge is 2.17. The monoisotopic (exact) mass is 387 g/mol. The van der Waals surface area contributed by atoms with Gasteiger partial charge >= 0.3 is 0 Å². The second-order valence-corrected chi connectivity index (χ2v) is 7.41. The summed E-state index contributed by atoms with van der Waals surface area (Å²) < 4.78 is 0. The van der Waals surface area contributed by atoms with Gasteiger partial charge < -0.3 is 9.80 Å². The van der Waals surface area contributed by atoms with Crippen LogP contribution in [0.2, 0.25) is 0 Å². The lowest BCUT2D eigenvalue weighted by atomic mass is 10.1. The van der Waals surface area contributed by atoms with Crippen LogP contribution in [0.15, 0.2) is 79.0 Å². The first kappa shape index (κ1) is 20.6. The number of nitrogens with zero attached hydrogens (tertiary/aromatic N) is 3. The number of carbonyl (C=O) groups is 1. The Balaban J connectivity index is 1.74. The molecule has 0 unspecified atom stereocenters. The maximum Gasteiger partial charge on any atom is 0.272 e. The van der Waals surface area contributed by atoms with Crippen LogP contribution in [0, 0.1) is 0 Å². The predicted molar refractivity (Wildman–Crippen MR) is 119 cm³/mol. The van der Waals surface area contributed by atoms with Crippen molar-refractivity contribution in [1.82, 2.24) is 9.88 Å². The topological polar surface area (TPSA) is 36.4 Å². The zero-order valence-corrected chi connectivity index (χ0v) is 17.5. The van der Waals surface area contributed by atoms with Crippen molar-refractivity contribution >= 4 is 11.6 Å². The summed E-state index contributed by atoms with van der Waals surface area (Å²) in [5.41, 5.74) is 3.87. The number of pyridine rings is 1. The minimum atomic E-state index is -0.0398.